The third-order valence-electron chi connectivity index (χ3n) is 4.62. The molecule has 1 aliphatic heterocycles. The molecule has 1 aliphatic rings. The zero-order valence-electron chi connectivity index (χ0n) is 15.6. The average Bonchev–Trinajstić information content (AvgIpc) is 3.02. The summed E-state index contributed by atoms with van der Waals surface area (Å²) in [6.07, 6.45) is 1.65. The maximum absolute atomic E-state index is 12.9. The number of methoxy groups -OCH3 is 1. The van der Waals surface area contributed by atoms with Gasteiger partial charge >= 0.3 is 0 Å². The van der Waals surface area contributed by atoms with E-state index in [1.54, 1.807) is 42.6 Å². The van der Waals surface area contributed by atoms with Gasteiger partial charge in [-0.25, -0.2) is 4.90 Å². The summed E-state index contributed by atoms with van der Waals surface area (Å²) in [6.45, 7) is 0.263. The Morgan fingerprint density at radius 3 is 2.59 bits per heavy atom. The topological polar surface area (TPSA) is 88.6 Å². The second-order valence-electron chi connectivity index (χ2n) is 6.41. The number of hydrogen-bond donors (Lipinski definition) is 1. The van der Waals surface area contributed by atoms with Crippen LogP contribution in [0.1, 0.15) is 36.8 Å². The first-order valence-corrected chi connectivity index (χ1v) is 8.93. The summed E-state index contributed by atoms with van der Waals surface area (Å²) in [5.41, 5.74) is 1.89. The third kappa shape index (κ3) is 3.45. The molecular formula is C22H17N3O4. The molecule has 0 aliphatic carbocycles. The van der Waals surface area contributed by atoms with Gasteiger partial charge in [0.1, 0.15) is 5.75 Å². The van der Waals surface area contributed by atoms with Crippen molar-refractivity contribution in [3.05, 3.63) is 89.2 Å². The molecule has 0 bridgehead atoms. The van der Waals surface area contributed by atoms with Gasteiger partial charge in [0.25, 0.3) is 17.7 Å². The Balaban J connectivity index is 1.57. The number of pyridine rings is 1. The van der Waals surface area contributed by atoms with Gasteiger partial charge in [-0.05, 0) is 42.5 Å². The number of rotatable bonds is 5. The van der Waals surface area contributed by atoms with Crippen molar-refractivity contribution >= 4 is 23.4 Å². The van der Waals surface area contributed by atoms with E-state index in [1.165, 1.54) is 25.3 Å². The molecule has 2 heterocycles. The number of hydrogen-bond acceptors (Lipinski definition) is 5. The number of nitrogens with one attached hydrogen (secondary N) is 1. The van der Waals surface area contributed by atoms with Crippen LogP contribution < -0.4 is 15.0 Å². The maximum Gasteiger partial charge on any atom is 0.266 e. The zero-order chi connectivity index (χ0) is 20.4. The molecule has 1 N–H and O–H groups in total. The molecule has 29 heavy (non-hydrogen) atoms. The van der Waals surface area contributed by atoms with Gasteiger partial charge in [-0.1, -0.05) is 12.1 Å². The quantitative estimate of drug-likeness (QED) is 0.680. The fourth-order valence-corrected chi connectivity index (χ4v) is 3.14. The Kier molecular flexibility index (Phi) is 4.78. The van der Waals surface area contributed by atoms with Crippen molar-refractivity contribution in [2.45, 2.75) is 6.54 Å². The van der Waals surface area contributed by atoms with Crippen molar-refractivity contribution < 1.29 is 19.1 Å². The predicted octanol–water partition coefficient (Wildman–Crippen LogP) is 2.82. The summed E-state index contributed by atoms with van der Waals surface area (Å²) in [5, 5.41) is 2.76. The molecule has 1 aromatic heterocycles. The van der Waals surface area contributed by atoms with Crippen molar-refractivity contribution in [2.24, 2.45) is 0 Å². The van der Waals surface area contributed by atoms with Crippen LogP contribution in [0.2, 0.25) is 0 Å². The number of anilines is 1. The van der Waals surface area contributed by atoms with Crippen LogP contribution >= 0.6 is 0 Å². The van der Waals surface area contributed by atoms with Crippen molar-refractivity contribution in [1.29, 1.82) is 0 Å². The molecule has 144 valence electrons. The highest BCUT2D eigenvalue weighted by Gasteiger charge is 2.37. The second-order valence-corrected chi connectivity index (χ2v) is 6.41. The predicted molar refractivity (Wildman–Crippen MR) is 106 cm³/mol. The number of imide groups is 1. The Morgan fingerprint density at radius 2 is 1.83 bits per heavy atom. The minimum Gasteiger partial charge on any atom is -0.497 e. The summed E-state index contributed by atoms with van der Waals surface area (Å²) in [6, 6.07) is 16.6. The van der Waals surface area contributed by atoms with Crippen molar-refractivity contribution in [3.63, 3.8) is 0 Å². The van der Waals surface area contributed by atoms with Gasteiger partial charge in [-0.2, -0.15) is 0 Å². The summed E-state index contributed by atoms with van der Waals surface area (Å²) in [7, 11) is 1.51. The van der Waals surface area contributed by atoms with Crippen LogP contribution in [0.15, 0.2) is 66.9 Å². The van der Waals surface area contributed by atoms with E-state index < -0.39 is 11.8 Å². The number of ether oxygens (including phenoxy) is 1. The first-order chi connectivity index (χ1) is 14.1. The van der Waals surface area contributed by atoms with E-state index in [-0.39, 0.29) is 23.6 Å². The number of fused-ring (bicyclic) bond motifs is 1. The van der Waals surface area contributed by atoms with Crippen LogP contribution in [0.25, 0.3) is 0 Å². The molecular weight excluding hydrogens is 370 g/mol. The van der Waals surface area contributed by atoms with E-state index in [0.717, 1.165) is 10.6 Å². The first kappa shape index (κ1) is 18.4. The number of aromatic nitrogens is 1. The molecule has 0 fully saturated rings. The molecule has 0 atom stereocenters. The van der Waals surface area contributed by atoms with Crippen LogP contribution in [0.4, 0.5) is 5.69 Å². The van der Waals surface area contributed by atoms with Crippen LogP contribution in [-0.2, 0) is 6.54 Å². The Bertz CT molecular complexity index is 1110. The lowest BCUT2D eigenvalue weighted by Crippen LogP contribution is -2.29. The SMILES string of the molecule is COc1cccc(N2C(=O)c3ccc(C(=O)NCc4ccccn4)cc3C2=O)c1. The minimum absolute atomic E-state index is 0.198. The summed E-state index contributed by atoms with van der Waals surface area (Å²) in [5.74, 6) is -0.719. The van der Waals surface area contributed by atoms with Crippen molar-refractivity contribution in [3.8, 4) is 5.75 Å². The normalized spacial score (nSPS) is 12.7. The molecule has 0 saturated heterocycles. The number of carbonyl (C=O) groups excluding carboxylic acids is 3. The molecule has 7 nitrogen and oxygen atoms in total. The Labute approximate surface area is 166 Å². The van der Waals surface area contributed by atoms with Gasteiger partial charge in [0.05, 0.1) is 36.2 Å². The smallest absolute Gasteiger partial charge is 0.266 e. The zero-order valence-corrected chi connectivity index (χ0v) is 15.6. The third-order valence-corrected chi connectivity index (χ3v) is 4.62. The largest absolute Gasteiger partial charge is 0.497 e. The molecule has 2 aromatic carbocycles. The standard InChI is InChI=1S/C22H17N3O4/c1-29-17-7-4-6-16(12-17)25-21(27)18-9-8-14(11-19(18)22(25)28)20(26)24-13-15-5-2-3-10-23-15/h2-12H,13H2,1H3,(H,24,26). The van der Waals surface area contributed by atoms with E-state index in [1.807, 2.05) is 6.07 Å². The molecule has 0 spiro atoms. The van der Waals surface area contributed by atoms with Crippen LogP contribution in [0.3, 0.4) is 0 Å². The lowest BCUT2D eigenvalue weighted by molar-refractivity contribution is 0.0923. The van der Waals surface area contributed by atoms with Crippen LogP contribution in [-0.4, -0.2) is 29.8 Å². The fraction of sp³-hybridized carbons (Fsp3) is 0.0909. The molecule has 0 saturated carbocycles. The number of carbonyl (C=O) groups is 3. The van der Waals surface area contributed by atoms with Gasteiger partial charge < -0.3 is 10.1 Å². The van der Waals surface area contributed by atoms with Gasteiger partial charge in [0.15, 0.2) is 0 Å². The molecule has 0 radical (unpaired) electrons. The van der Waals surface area contributed by atoms with E-state index >= 15 is 0 Å². The first-order valence-electron chi connectivity index (χ1n) is 8.93. The average molecular weight is 387 g/mol. The monoisotopic (exact) mass is 387 g/mol. The summed E-state index contributed by atoms with van der Waals surface area (Å²) in [4.78, 5) is 43.4. The van der Waals surface area contributed by atoms with Gasteiger partial charge in [0, 0.05) is 17.8 Å². The minimum atomic E-state index is -0.474. The van der Waals surface area contributed by atoms with Crippen LogP contribution in [0, 0.1) is 0 Å². The molecule has 3 amide bonds. The summed E-state index contributed by atoms with van der Waals surface area (Å²) < 4.78 is 5.17. The van der Waals surface area contributed by atoms with E-state index in [4.69, 9.17) is 4.74 Å². The Morgan fingerprint density at radius 1 is 1.00 bits per heavy atom. The lowest BCUT2D eigenvalue weighted by atomic mass is 10.1. The molecule has 3 aromatic rings. The van der Waals surface area contributed by atoms with Gasteiger partial charge in [0.2, 0.25) is 0 Å². The maximum atomic E-state index is 12.9. The van der Waals surface area contributed by atoms with Gasteiger partial charge in [-0.3, -0.25) is 19.4 Å². The fourth-order valence-electron chi connectivity index (χ4n) is 3.14. The number of benzene rings is 2. The Hall–Kier alpha value is -4.00. The lowest BCUT2D eigenvalue weighted by Gasteiger charge is -2.14. The highest BCUT2D eigenvalue weighted by Crippen LogP contribution is 2.31. The molecule has 0 unspecified atom stereocenters. The second kappa shape index (κ2) is 7.55. The number of amides is 3. The highest BCUT2D eigenvalue weighted by molar-refractivity contribution is 6.34. The molecule has 7 heteroatoms. The van der Waals surface area contributed by atoms with Crippen molar-refractivity contribution in [1.82, 2.24) is 10.3 Å². The number of nitrogens with zero attached hydrogens (tertiary/aromatic N) is 2. The van der Waals surface area contributed by atoms with E-state index in [0.29, 0.717) is 17.0 Å². The van der Waals surface area contributed by atoms with Crippen molar-refractivity contribution in [2.75, 3.05) is 12.0 Å². The molecule has 4 rings (SSSR count). The highest BCUT2D eigenvalue weighted by atomic mass is 16.5. The van der Waals surface area contributed by atoms with E-state index in [2.05, 4.69) is 10.3 Å². The summed E-state index contributed by atoms with van der Waals surface area (Å²) >= 11 is 0. The van der Waals surface area contributed by atoms with E-state index in [9.17, 15) is 14.4 Å². The van der Waals surface area contributed by atoms with Gasteiger partial charge in [-0.15, -0.1) is 0 Å². The van der Waals surface area contributed by atoms with Crippen LogP contribution in [0.5, 0.6) is 5.75 Å².